The Bertz CT molecular complexity index is 502. The lowest BCUT2D eigenvalue weighted by molar-refractivity contribution is 0.431. The number of nitrogens with one attached hydrogen (secondary N) is 1. The number of hydrogen-bond acceptors (Lipinski definition) is 3. The van der Waals surface area contributed by atoms with Gasteiger partial charge in [-0.05, 0) is 47.6 Å². The number of benzene rings is 1. The van der Waals surface area contributed by atoms with Gasteiger partial charge in [0.2, 0.25) is 0 Å². The molecule has 0 bridgehead atoms. The molecule has 1 aliphatic carbocycles. The Balaban J connectivity index is 1.81. The summed E-state index contributed by atoms with van der Waals surface area (Å²) in [5.74, 6) is 0.884. The zero-order valence-corrected chi connectivity index (χ0v) is 11.5. The van der Waals surface area contributed by atoms with Gasteiger partial charge in [0.05, 0.1) is 6.20 Å². The van der Waals surface area contributed by atoms with Gasteiger partial charge in [-0.3, -0.25) is 0 Å². The highest BCUT2D eigenvalue weighted by Crippen LogP contribution is 2.25. The molecule has 3 rings (SSSR count). The first-order chi connectivity index (χ1) is 8.33. The molecule has 1 heterocycles. The number of halogens is 1. The van der Waals surface area contributed by atoms with Crippen molar-refractivity contribution in [2.45, 2.75) is 25.4 Å². The molecule has 1 aliphatic rings. The van der Waals surface area contributed by atoms with E-state index in [0.717, 1.165) is 23.4 Å². The van der Waals surface area contributed by atoms with Gasteiger partial charge in [-0.2, -0.15) is 0 Å². The Kier molecular flexibility index (Phi) is 3.15. The van der Waals surface area contributed by atoms with Crippen molar-refractivity contribution in [3.05, 3.63) is 39.6 Å². The van der Waals surface area contributed by atoms with E-state index in [0.29, 0.717) is 6.04 Å². The Morgan fingerprint density at radius 1 is 1.29 bits per heavy atom. The number of rotatable bonds is 4. The Morgan fingerprint density at radius 2 is 2.06 bits per heavy atom. The van der Waals surface area contributed by atoms with Crippen LogP contribution in [0.25, 0.3) is 11.3 Å². The molecule has 17 heavy (non-hydrogen) atoms. The summed E-state index contributed by atoms with van der Waals surface area (Å²) < 4.78 is 6.58. The Labute approximate surface area is 114 Å². The second-order valence-electron chi connectivity index (χ2n) is 4.34. The fourth-order valence-electron chi connectivity index (χ4n) is 1.77. The molecule has 1 fully saturated rings. The minimum Gasteiger partial charge on any atom is -0.356 e. The standard InChI is InChI=1S/C13H13IN2O/c14-11-3-1-9(2-4-11)13-10(8-16-17-13)7-15-12-5-6-12/h1-4,8,12,15H,5-7H2. The SMILES string of the molecule is Ic1ccc(-c2oncc2CNC2CC2)cc1. The number of aromatic nitrogens is 1. The van der Waals surface area contributed by atoms with Crippen LogP contribution in [0.4, 0.5) is 0 Å². The summed E-state index contributed by atoms with van der Waals surface area (Å²) in [6, 6.07) is 9.01. The summed E-state index contributed by atoms with van der Waals surface area (Å²) in [4.78, 5) is 0. The lowest BCUT2D eigenvalue weighted by Crippen LogP contribution is -2.15. The summed E-state index contributed by atoms with van der Waals surface area (Å²) in [6.07, 6.45) is 4.40. The largest absolute Gasteiger partial charge is 0.356 e. The third-order valence-electron chi connectivity index (χ3n) is 2.91. The van der Waals surface area contributed by atoms with Crippen molar-refractivity contribution < 1.29 is 4.52 Å². The van der Waals surface area contributed by atoms with Gasteiger partial charge in [0.15, 0.2) is 5.76 Å². The zero-order valence-electron chi connectivity index (χ0n) is 9.32. The van der Waals surface area contributed by atoms with Crippen LogP contribution in [0.1, 0.15) is 18.4 Å². The molecule has 0 aliphatic heterocycles. The number of nitrogens with zero attached hydrogens (tertiary/aromatic N) is 1. The van der Waals surface area contributed by atoms with Gasteiger partial charge < -0.3 is 9.84 Å². The molecular formula is C13H13IN2O. The highest BCUT2D eigenvalue weighted by molar-refractivity contribution is 14.1. The van der Waals surface area contributed by atoms with Crippen LogP contribution in [0, 0.1) is 3.57 Å². The zero-order chi connectivity index (χ0) is 11.7. The van der Waals surface area contributed by atoms with E-state index >= 15 is 0 Å². The van der Waals surface area contributed by atoms with Crippen LogP contribution in [0.5, 0.6) is 0 Å². The van der Waals surface area contributed by atoms with E-state index in [4.69, 9.17) is 4.52 Å². The summed E-state index contributed by atoms with van der Waals surface area (Å²) in [7, 11) is 0. The maximum Gasteiger partial charge on any atom is 0.171 e. The minimum atomic E-state index is 0.703. The molecule has 0 atom stereocenters. The van der Waals surface area contributed by atoms with Crippen molar-refractivity contribution in [2.24, 2.45) is 0 Å². The van der Waals surface area contributed by atoms with Crippen molar-refractivity contribution in [3.63, 3.8) is 0 Å². The lowest BCUT2D eigenvalue weighted by atomic mass is 10.1. The van der Waals surface area contributed by atoms with Crippen molar-refractivity contribution in [1.29, 1.82) is 0 Å². The fraction of sp³-hybridized carbons (Fsp3) is 0.308. The molecule has 1 saturated carbocycles. The third-order valence-corrected chi connectivity index (χ3v) is 3.63. The fourth-order valence-corrected chi connectivity index (χ4v) is 2.13. The quantitative estimate of drug-likeness (QED) is 0.869. The molecule has 1 N–H and O–H groups in total. The Hall–Kier alpha value is -0.880. The molecule has 0 spiro atoms. The van der Waals surface area contributed by atoms with Crippen LogP contribution in [0.2, 0.25) is 0 Å². The van der Waals surface area contributed by atoms with E-state index in [-0.39, 0.29) is 0 Å². The topological polar surface area (TPSA) is 38.1 Å². The maximum absolute atomic E-state index is 5.35. The maximum atomic E-state index is 5.35. The molecule has 1 aromatic heterocycles. The number of hydrogen-bond donors (Lipinski definition) is 1. The van der Waals surface area contributed by atoms with Crippen molar-refractivity contribution >= 4 is 22.6 Å². The average Bonchev–Trinajstić information content (AvgIpc) is 3.06. The van der Waals surface area contributed by atoms with Crippen molar-refractivity contribution in [3.8, 4) is 11.3 Å². The predicted octanol–water partition coefficient (Wildman–Crippen LogP) is 3.20. The Morgan fingerprint density at radius 3 is 2.76 bits per heavy atom. The predicted molar refractivity (Wildman–Crippen MR) is 74.5 cm³/mol. The van der Waals surface area contributed by atoms with Crippen LogP contribution < -0.4 is 5.32 Å². The molecule has 2 aromatic rings. The molecule has 0 radical (unpaired) electrons. The van der Waals surface area contributed by atoms with Crippen molar-refractivity contribution in [2.75, 3.05) is 0 Å². The van der Waals surface area contributed by atoms with E-state index < -0.39 is 0 Å². The van der Waals surface area contributed by atoms with E-state index in [1.807, 2.05) is 6.20 Å². The first-order valence-corrected chi connectivity index (χ1v) is 6.83. The second-order valence-corrected chi connectivity index (χ2v) is 5.59. The van der Waals surface area contributed by atoms with E-state index in [1.165, 1.54) is 16.4 Å². The van der Waals surface area contributed by atoms with Gasteiger partial charge in [-0.15, -0.1) is 0 Å². The summed E-state index contributed by atoms with van der Waals surface area (Å²) in [5.41, 5.74) is 2.23. The van der Waals surface area contributed by atoms with Crippen LogP contribution in [0.3, 0.4) is 0 Å². The van der Waals surface area contributed by atoms with Gasteiger partial charge in [-0.1, -0.05) is 17.3 Å². The molecule has 4 heteroatoms. The van der Waals surface area contributed by atoms with Gasteiger partial charge >= 0.3 is 0 Å². The minimum absolute atomic E-state index is 0.703. The first kappa shape index (κ1) is 11.2. The van der Waals surface area contributed by atoms with E-state index in [1.54, 1.807) is 0 Å². The highest BCUT2D eigenvalue weighted by atomic mass is 127. The van der Waals surface area contributed by atoms with Gasteiger partial charge in [0.1, 0.15) is 0 Å². The lowest BCUT2D eigenvalue weighted by Gasteiger charge is -2.02. The molecule has 1 aromatic carbocycles. The smallest absolute Gasteiger partial charge is 0.171 e. The van der Waals surface area contributed by atoms with E-state index in [2.05, 4.69) is 57.3 Å². The molecule has 3 nitrogen and oxygen atoms in total. The average molecular weight is 340 g/mol. The monoisotopic (exact) mass is 340 g/mol. The summed E-state index contributed by atoms with van der Waals surface area (Å²) >= 11 is 2.30. The van der Waals surface area contributed by atoms with Crippen LogP contribution in [-0.4, -0.2) is 11.2 Å². The first-order valence-electron chi connectivity index (χ1n) is 5.76. The van der Waals surface area contributed by atoms with Crippen LogP contribution >= 0.6 is 22.6 Å². The van der Waals surface area contributed by atoms with Crippen LogP contribution in [-0.2, 0) is 6.54 Å². The highest BCUT2D eigenvalue weighted by Gasteiger charge is 2.21. The third kappa shape index (κ3) is 2.69. The molecule has 0 unspecified atom stereocenters. The van der Waals surface area contributed by atoms with Gasteiger partial charge in [0, 0.05) is 27.3 Å². The molecule has 0 saturated heterocycles. The van der Waals surface area contributed by atoms with Crippen molar-refractivity contribution in [1.82, 2.24) is 10.5 Å². The summed E-state index contributed by atoms with van der Waals surface area (Å²) in [5, 5.41) is 7.38. The second kappa shape index (κ2) is 4.78. The molecule has 0 amide bonds. The van der Waals surface area contributed by atoms with Crippen LogP contribution in [0.15, 0.2) is 35.0 Å². The van der Waals surface area contributed by atoms with E-state index in [9.17, 15) is 0 Å². The van der Waals surface area contributed by atoms with Gasteiger partial charge in [-0.25, -0.2) is 0 Å². The summed E-state index contributed by atoms with van der Waals surface area (Å²) in [6.45, 7) is 0.843. The van der Waals surface area contributed by atoms with Gasteiger partial charge in [0.25, 0.3) is 0 Å². The normalized spacial score (nSPS) is 15.1. The molecular weight excluding hydrogens is 327 g/mol. The molecule has 88 valence electrons.